The summed E-state index contributed by atoms with van der Waals surface area (Å²) in [7, 11) is 1.63. The van der Waals surface area contributed by atoms with E-state index in [2.05, 4.69) is 0 Å². The van der Waals surface area contributed by atoms with Crippen LogP contribution in [0, 0.1) is 17.0 Å². The highest BCUT2D eigenvalue weighted by atomic mass is 19.1. The van der Waals surface area contributed by atoms with Crippen LogP contribution >= 0.6 is 0 Å². The van der Waals surface area contributed by atoms with Gasteiger partial charge in [-0.3, -0.25) is 4.79 Å². The molecule has 1 aliphatic carbocycles. The standard InChI is InChI=1S/C16H22F2N2O/c1-11(13-8-12(17)4-5-14(13)18)20(2)15(21)9-16(10-19)6-3-7-16/h4-5,8,11H,3,6-7,9-10,19H2,1-2H3. The Labute approximate surface area is 124 Å². The van der Waals surface area contributed by atoms with Gasteiger partial charge >= 0.3 is 0 Å². The lowest BCUT2D eigenvalue weighted by molar-refractivity contribution is -0.135. The molecule has 1 aromatic rings. The van der Waals surface area contributed by atoms with Gasteiger partial charge in [-0.1, -0.05) is 6.42 Å². The van der Waals surface area contributed by atoms with Gasteiger partial charge in [0, 0.05) is 19.0 Å². The monoisotopic (exact) mass is 296 g/mol. The normalized spacial score (nSPS) is 18.0. The molecule has 0 radical (unpaired) electrons. The first kappa shape index (κ1) is 15.9. The van der Waals surface area contributed by atoms with Crippen molar-refractivity contribution in [2.24, 2.45) is 11.1 Å². The Morgan fingerprint density at radius 1 is 1.43 bits per heavy atom. The molecule has 2 N–H and O–H groups in total. The van der Waals surface area contributed by atoms with Crippen LogP contribution in [0.2, 0.25) is 0 Å². The van der Waals surface area contributed by atoms with E-state index < -0.39 is 17.7 Å². The molecule has 0 bridgehead atoms. The second-order valence-electron chi connectivity index (χ2n) is 6.08. The summed E-state index contributed by atoms with van der Waals surface area (Å²) in [6.07, 6.45) is 3.40. The van der Waals surface area contributed by atoms with Crippen LogP contribution in [0.15, 0.2) is 18.2 Å². The third-order valence-corrected chi connectivity index (χ3v) is 4.76. The molecule has 1 saturated carbocycles. The van der Waals surface area contributed by atoms with Gasteiger partial charge in [-0.05, 0) is 49.9 Å². The Morgan fingerprint density at radius 3 is 2.62 bits per heavy atom. The summed E-state index contributed by atoms with van der Waals surface area (Å²) in [5, 5.41) is 0. The molecule has 1 aromatic carbocycles. The largest absolute Gasteiger partial charge is 0.339 e. The molecule has 0 spiro atoms. The Kier molecular flexibility index (Phi) is 4.61. The number of carbonyl (C=O) groups excluding carboxylic acids is 1. The fourth-order valence-corrected chi connectivity index (χ4v) is 2.83. The molecule has 0 saturated heterocycles. The molecule has 5 heteroatoms. The summed E-state index contributed by atoms with van der Waals surface area (Å²) >= 11 is 0. The van der Waals surface area contributed by atoms with Crippen molar-refractivity contribution in [2.45, 2.75) is 38.6 Å². The highest BCUT2D eigenvalue weighted by Crippen LogP contribution is 2.43. The van der Waals surface area contributed by atoms with Gasteiger partial charge in [-0.25, -0.2) is 8.78 Å². The maximum absolute atomic E-state index is 13.8. The molecule has 0 aromatic heterocycles. The number of benzene rings is 1. The van der Waals surface area contributed by atoms with E-state index in [4.69, 9.17) is 5.73 Å². The zero-order valence-electron chi connectivity index (χ0n) is 12.5. The van der Waals surface area contributed by atoms with E-state index in [0.717, 1.165) is 37.5 Å². The molecular weight excluding hydrogens is 274 g/mol. The summed E-state index contributed by atoms with van der Waals surface area (Å²) in [6, 6.07) is 2.80. The van der Waals surface area contributed by atoms with Gasteiger partial charge in [0.1, 0.15) is 11.6 Å². The molecule has 3 nitrogen and oxygen atoms in total. The summed E-state index contributed by atoms with van der Waals surface area (Å²) < 4.78 is 27.1. The van der Waals surface area contributed by atoms with Crippen LogP contribution in [0.25, 0.3) is 0 Å². The molecule has 2 rings (SSSR count). The molecule has 1 amide bonds. The predicted octanol–water partition coefficient (Wildman–Crippen LogP) is 3.00. The van der Waals surface area contributed by atoms with E-state index in [0.29, 0.717) is 13.0 Å². The number of nitrogens with zero attached hydrogens (tertiary/aromatic N) is 1. The fraction of sp³-hybridized carbons (Fsp3) is 0.562. The molecule has 21 heavy (non-hydrogen) atoms. The molecule has 1 aliphatic rings. The fourth-order valence-electron chi connectivity index (χ4n) is 2.83. The van der Waals surface area contributed by atoms with Gasteiger partial charge in [0.25, 0.3) is 0 Å². The van der Waals surface area contributed by atoms with E-state index in [-0.39, 0.29) is 16.9 Å². The Hall–Kier alpha value is -1.49. The first-order valence-electron chi connectivity index (χ1n) is 7.29. The van der Waals surface area contributed by atoms with Crippen LogP contribution in [-0.2, 0) is 4.79 Å². The number of amides is 1. The van der Waals surface area contributed by atoms with Crippen molar-refractivity contribution < 1.29 is 13.6 Å². The average Bonchev–Trinajstić information content (AvgIpc) is 2.43. The van der Waals surface area contributed by atoms with E-state index in [1.807, 2.05) is 0 Å². The second kappa shape index (κ2) is 6.10. The van der Waals surface area contributed by atoms with Gasteiger partial charge in [-0.2, -0.15) is 0 Å². The predicted molar refractivity (Wildman–Crippen MR) is 77.5 cm³/mol. The molecular formula is C16H22F2N2O. The number of halogens is 2. The summed E-state index contributed by atoms with van der Waals surface area (Å²) in [5.41, 5.74) is 5.87. The van der Waals surface area contributed by atoms with Crippen LogP contribution < -0.4 is 5.73 Å². The topological polar surface area (TPSA) is 46.3 Å². The lowest BCUT2D eigenvalue weighted by Gasteiger charge is -2.41. The Bertz CT molecular complexity index is 523. The minimum Gasteiger partial charge on any atom is -0.339 e. The number of rotatable bonds is 5. The van der Waals surface area contributed by atoms with Crippen molar-refractivity contribution in [1.82, 2.24) is 4.90 Å². The summed E-state index contributed by atoms with van der Waals surface area (Å²) in [5.74, 6) is -1.08. The van der Waals surface area contributed by atoms with Gasteiger partial charge in [0.05, 0.1) is 6.04 Å². The van der Waals surface area contributed by atoms with E-state index in [1.54, 1.807) is 14.0 Å². The minimum absolute atomic E-state index is 0.0729. The third kappa shape index (κ3) is 3.23. The second-order valence-corrected chi connectivity index (χ2v) is 6.08. The van der Waals surface area contributed by atoms with Gasteiger partial charge in [0.15, 0.2) is 0 Å². The van der Waals surface area contributed by atoms with Gasteiger partial charge < -0.3 is 10.6 Å². The lowest BCUT2D eigenvalue weighted by Crippen LogP contribution is -2.43. The number of hydrogen-bond donors (Lipinski definition) is 1. The van der Waals surface area contributed by atoms with Crippen LogP contribution in [0.4, 0.5) is 8.78 Å². The maximum atomic E-state index is 13.8. The Morgan fingerprint density at radius 2 is 2.10 bits per heavy atom. The zero-order valence-corrected chi connectivity index (χ0v) is 12.5. The molecule has 1 atom stereocenters. The summed E-state index contributed by atoms with van der Waals surface area (Å²) in [4.78, 5) is 13.9. The Balaban J connectivity index is 2.09. The smallest absolute Gasteiger partial charge is 0.223 e. The van der Waals surface area contributed by atoms with Gasteiger partial charge in [0.2, 0.25) is 5.91 Å². The molecule has 116 valence electrons. The number of carbonyl (C=O) groups is 1. The first-order valence-corrected chi connectivity index (χ1v) is 7.29. The van der Waals surface area contributed by atoms with Crippen LogP contribution in [0.5, 0.6) is 0 Å². The summed E-state index contributed by atoms with van der Waals surface area (Å²) in [6.45, 7) is 2.20. The van der Waals surface area contributed by atoms with Crippen molar-refractivity contribution in [3.63, 3.8) is 0 Å². The quantitative estimate of drug-likeness (QED) is 0.908. The van der Waals surface area contributed by atoms with E-state index >= 15 is 0 Å². The first-order chi connectivity index (χ1) is 9.88. The third-order valence-electron chi connectivity index (χ3n) is 4.76. The van der Waals surface area contributed by atoms with Gasteiger partial charge in [-0.15, -0.1) is 0 Å². The van der Waals surface area contributed by atoms with Crippen LogP contribution in [-0.4, -0.2) is 24.4 Å². The number of nitrogens with two attached hydrogens (primary N) is 1. The van der Waals surface area contributed by atoms with E-state index in [1.165, 1.54) is 4.90 Å². The minimum atomic E-state index is -0.511. The lowest BCUT2D eigenvalue weighted by atomic mass is 9.66. The highest BCUT2D eigenvalue weighted by molar-refractivity contribution is 5.77. The molecule has 0 heterocycles. The van der Waals surface area contributed by atoms with E-state index in [9.17, 15) is 13.6 Å². The van der Waals surface area contributed by atoms with Crippen molar-refractivity contribution in [3.8, 4) is 0 Å². The van der Waals surface area contributed by atoms with Crippen LogP contribution in [0.3, 0.4) is 0 Å². The van der Waals surface area contributed by atoms with Crippen molar-refractivity contribution in [1.29, 1.82) is 0 Å². The van der Waals surface area contributed by atoms with Crippen molar-refractivity contribution in [2.75, 3.05) is 13.6 Å². The molecule has 0 aliphatic heterocycles. The zero-order chi connectivity index (χ0) is 15.6. The maximum Gasteiger partial charge on any atom is 0.223 e. The molecule has 1 fully saturated rings. The van der Waals surface area contributed by atoms with Crippen LogP contribution in [0.1, 0.15) is 44.2 Å². The van der Waals surface area contributed by atoms with Crippen molar-refractivity contribution >= 4 is 5.91 Å². The SMILES string of the molecule is CC(c1cc(F)ccc1F)N(C)C(=O)CC1(CN)CCC1. The average molecular weight is 296 g/mol. The van der Waals surface area contributed by atoms with Crippen molar-refractivity contribution in [3.05, 3.63) is 35.4 Å². The molecule has 1 unspecified atom stereocenters. The highest BCUT2D eigenvalue weighted by Gasteiger charge is 2.38. The number of hydrogen-bond acceptors (Lipinski definition) is 2.